The molecule has 0 saturated heterocycles. The van der Waals surface area contributed by atoms with E-state index in [9.17, 15) is 14.0 Å². The van der Waals surface area contributed by atoms with Gasteiger partial charge in [-0.15, -0.1) is 11.3 Å². The van der Waals surface area contributed by atoms with Gasteiger partial charge in [0.1, 0.15) is 13.2 Å². The predicted molar refractivity (Wildman–Crippen MR) is 124 cm³/mol. The summed E-state index contributed by atoms with van der Waals surface area (Å²) in [6.45, 7) is 7.81. The Hall–Kier alpha value is -2.61. The van der Waals surface area contributed by atoms with Crippen LogP contribution in [0, 0.1) is 11.7 Å². The number of hydrogen-bond donors (Lipinski definition) is 1. The van der Waals surface area contributed by atoms with Crippen molar-refractivity contribution in [3.05, 3.63) is 52.0 Å². The maximum Gasteiger partial charge on any atom is 0.317 e. The van der Waals surface area contributed by atoms with E-state index in [2.05, 4.69) is 5.32 Å². The molecule has 32 heavy (non-hydrogen) atoms. The van der Waals surface area contributed by atoms with Crippen molar-refractivity contribution in [3.8, 4) is 5.75 Å². The van der Waals surface area contributed by atoms with Gasteiger partial charge in [-0.2, -0.15) is 0 Å². The summed E-state index contributed by atoms with van der Waals surface area (Å²) >= 11 is 1.66. The minimum atomic E-state index is -0.428. The Kier molecular flexibility index (Phi) is 8.50. The van der Waals surface area contributed by atoms with Crippen LogP contribution in [0.15, 0.2) is 35.7 Å². The molecule has 1 unspecified atom stereocenters. The predicted octanol–water partition coefficient (Wildman–Crippen LogP) is 4.47. The highest BCUT2D eigenvalue weighted by Gasteiger charge is 2.33. The van der Waals surface area contributed by atoms with E-state index in [1.807, 2.05) is 32.2 Å². The first-order valence-electron chi connectivity index (χ1n) is 11.2. The van der Waals surface area contributed by atoms with Gasteiger partial charge in [0, 0.05) is 24.5 Å². The van der Waals surface area contributed by atoms with Crippen LogP contribution in [0.3, 0.4) is 0 Å². The Balaban J connectivity index is 1.76. The molecule has 0 fully saturated rings. The number of nitrogens with zero attached hydrogens (tertiary/aromatic N) is 2. The molecule has 3 rings (SSSR count). The van der Waals surface area contributed by atoms with Crippen molar-refractivity contribution in [2.45, 2.75) is 39.7 Å². The van der Waals surface area contributed by atoms with Crippen LogP contribution in [-0.2, 0) is 11.2 Å². The minimum Gasteiger partial charge on any atom is -0.488 e. The zero-order valence-electron chi connectivity index (χ0n) is 19.0. The molecule has 1 aliphatic rings. The molecule has 2 aromatic rings. The van der Waals surface area contributed by atoms with Crippen LogP contribution in [0.4, 0.5) is 9.18 Å². The van der Waals surface area contributed by atoms with Crippen LogP contribution in [0.5, 0.6) is 5.75 Å². The summed E-state index contributed by atoms with van der Waals surface area (Å²) in [7, 11) is 0. The van der Waals surface area contributed by atoms with Crippen molar-refractivity contribution in [2.24, 2.45) is 5.92 Å². The Morgan fingerprint density at radius 2 is 2.09 bits per heavy atom. The number of rotatable bonds is 9. The third-order valence-corrected chi connectivity index (χ3v) is 6.37. The van der Waals surface area contributed by atoms with Crippen molar-refractivity contribution in [1.29, 1.82) is 0 Å². The smallest absolute Gasteiger partial charge is 0.317 e. The van der Waals surface area contributed by atoms with Gasteiger partial charge >= 0.3 is 6.03 Å². The van der Waals surface area contributed by atoms with Crippen molar-refractivity contribution in [2.75, 3.05) is 32.8 Å². The number of para-hydroxylation sites is 1. The quantitative estimate of drug-likeness (QED) is 0.599. The lowest BCUT2D eigenvalue weighted by molar-refractivity contribution is -0.135. The number of urea groups is 1. The lowest BCUT2D eigenvalue weighted by atomic mass is 10.0. The zero-order chi connectivity index (χ0) is 23.1. The highest BCUT2D eigenvalue weighted by Crippen LogP contribution is 2.34. The molecule has 1 aliphatic heterocycles. The summed E-state index contributed by atoms with van der Waals surface area (Å²) in [5.74, 6) is -0.151. The molecule has 1 aromatic heterocycles. The van der Waals surface area contributed by atoms with Crippen LogP contribution >= 0.6 is 11.3 Å². The first-order chi connectivity index (χ1) is 15.4. The monoisotopic (exact) mass is 461 g/mol. The average molecular weight is 462 g/mol. The van der Waals surface area contributed by atoms with E-state index in [0.29, 0.717) is 19.6 Å². The number of thiophene rings is 1. The van der Waals surface area contributed by atoms with E-state index in [1.165, 1.54) is 10.9 Å². The first kappa shape index (κ1) is 24.0. The normalized spacial score (nSPS) is 15.4. The highest BCUT2D eigenvalue weighted by atomic mass is 32.1. The van der Waals surface area contributed by atoms with E-state index in [-0.39, 0.29) is 42.8 Å². The molecule has 1 N–H and O–H groups in total. The van der Waals surface area contributed by atoms with Crippen LogP contribution in [-0.4, -0.2) is 54.5 Å². The summed E-state index contributed by atoms with van der Waals surface area (Å²) in [4.78, 5) is 30.6. The summed E-state index contributed by atoms with van der Waals surface area (Å²) in [5, 5.41) is 4.89. The van der Waals surface area contributed by atoms with Crippen LogP contribution in [0.2, 0.25) is 0 Å². The Morgan fingerprint density at radius 3 is 2.81 bits per heavy atom. The summed E-state index contributed by atoms with van der Waals surface area (Å²) in [5.41, 5.74) is 1.04. The Bertz CT molecular complexity index is 917. The fraction of sp³-hybridized carbons (Fsp3) is 0.500. The van der Waals surface area contributed by atoms with E-state index in [0.717, 1.165) is 18.4 Å². The molecule has 3 amide bonds. The van der Waals surface area contributed by atoms with Crippen LogP contribution in [0.1, 0.15) is 43.7 Å². The van der Waals surface area contributed by atoms with Gasteiger partial charge in [0.05, 0.1) is 6.04 Å². The number of benzene rings is 1. The Labute approximate surface area is 193 Å². The lowest BCUT2D eigenvalue weighted by Gasteiger charge is -2.37. The number of halogens is 1. The fourth-order valence-corrected chi connectivity index (χ4v) is 4.79. The van der Waals surface area contributed by atoms with Gasteiger partial charge in [0.2, 0.25) is 5.91 Å². The van der Waals surface area contributed by atoms with E-state index >= 15 is 0 Å². The van der Waals surface area contributed by atoms with E-state index < -0.39 is 5.82 Å². The molecule has 0 saturated carbocycles. The van der Waals surface area contributed by atoms with Gasteiger partial charge in [-0.1, -0.05) is 32.9 Å². The number of nitrogens with one attached hydrogen (secondary N) is 1. The molecule has 0 aliphatic carbocycles. The fourth-order valence-electron chi connectivity index (χ4n) is 3.86. The maximum absolute atomic E-state index is 14.1. The topological polar surface area (TPSA) is 61.9 Å². The largest absolute Gasteiger partial charge is 0.488 e. The Morgan fingerprint density at radius 1 is 1.31 bits per heavy atom. The minimum absolute atomic E-state index is 0.00337. The summed E-state index contributed by atoms with van der Waals surface area (Å²) in [6, 6.07) is 7.74. The second-order valence-electron chi connectivity index (χ2n) is 8.40. The molecule has 1 aromatic carbocycles. The molecule has 0 radical (unpaired) electrons. The molecule has 8 heteroatoms. The molecule has 174 valence electrons. The molecular formula is C24H32FN3O3S. The molecular weight excluding hydrogens is 429 g/mol. The first-order valence-corrected chi connectivity index (χ1v) is 12.0. The van der Waals surface area contributed by atoms with Crippen LogP contribution < -0.4 is 10.1 Å². The van der Waals surface area contributed by atoms with Gasteiger partial charge in [-0.3, -0.25) is 4.79 Å². The second kappa shape index (κ2) is 11.3. The number of carbonyl (C=O) groups is 2. The lowest BCUT2D eigenvalue weighted by Crippen LogP contribution is -2.50. The van der Waals surface area contributed by atoms with Crippen molar-refractivity contribution in [1.82, 2.24) is 15.1 Å². The third kappa shape index (κ3) is 6.00. The van der Waals surface area contributed by atoms with E-state index in [1.54, 1.807) is 39.3 Å². The van der Waals surface area contributed by atoms with Gasteiger partial charge in [-0.25, -0.2) is 9.18 Å². The molecule has 2 heterocycles. The number of ether oxygens (including phenoxy) is 1. The number of hydrogen-bond acceptors (Lipinski definition) is 4. The molecule has 0 bridgehead atoms. The molecule has 1 atom stereocenters. The summed E-state index contributed by atoms with van der Waals surface area (Å²) < 4.78 is 19.9. The van der Waals surface area contributed by atoms with Gasteiger partial charge in [-0.05, 0) is 47.9 Å². The molecule has 6 nitrogen and oxygen atoms in total. The average Bonchev–Trinajstić information content (AvgIpc) is 3.25. The molecule has 0 spiro atoms. The van der Waals surface area contributed by atoms with Crippen molar-refractivity contribution in [3.63, 3.8) is 0 Å². The summed E-state index contributed by atoms with van der Waals surface area (Å²) in [6.07, 6.45) is 1.60. The van der Waals surface area contributed by atoms with Crippen molar-refractivity contribution < 1.29 is 18.7 Å². The second-order valence-corrected chi connectivity index (χ2v) is 9.40. The standard InChI is InChI=1S/C24H32FN3O3S/c1-4-11-26-24(30)27(14-17(2)3)15-23(29)28-12-9-22-18(10-13-32-22)20(28)16-31-21-8-6-5-7-19(21)25/h5-8,10,13,17,20H,4,9,11-12,14-16H2,1-3H3,(H,26,30). The number of fused-ring (bicyclic) bond motifs is 1. The van der Waals surface area contributed by atoms with Gasteiger partial charge in [0.25, 0.3) is 0 Å². The van der Waals surface area contributed by atoms with Crippen molar-refractivity contribution >= 4 is 23.3 Å². The van der Waals surface area contributed by atoms with Gasteiger partial charge in [0.15, 0.2) is 11.6 Å². The SMILES string of the molecule is CCCNC(=O)N(CC(=O)N1CCc2sccc2C1COc1ccccc1F)CC(C)C. The zero-order valence-corrected chi connectivity index (χ0v) is 19.8. The highest BCUT2D eigenvalue weighted by molar-refractivity contribution is 7.10. The van der Waals surface area contributed by atoms with Crippen LogP contribution in [0.25, 0.3) is 0 Å². The van der Waals surface area contributed by atoms with Gasteiger partial charge < -0.3 is 19.9 Å². The van der Waals surface area contributed by atoms with E-state index in [4.69, 9.17) is 4.74 Å². The number of amides is 3. The number of carbonyl (C=O) groups excluding carboxylic acids is 2. The maximum atomic E-state index is 14.1. The third-order valence-electron chi connectivity index (χ3n) is 5.37.